The SMILES string of the molecule is O=Cc1ccc(/C=C/c2ccc(C(F)(F)F)cc2)cc1. The number of hydrogen-bond donors (Lipinski definition) is 0. The Kier molecular flexibility index (Phi) is 4.03. The fourth-order valence-corrected chi connectivity index (χ4v) is 1.66. The molecule has 0 heterocycles. The summed E-state index contributed by atoms with van der Waals surface area (Å²) in [4.78, 5) is 10.5. The molecule has 1 nitrogen and oxygen atoms in total. The number of hydrogen-bond acceptors (Lipinski definition) is 1. The van der Waals surface area contributed by atoms with Crippen LogP contribution in [0.2, 0.25) is 0 Å². The molecule has 0 aromatic heterocycles. The molecular weight excluding hydrogens is 265 g/mol. The Balaban J connectivity index is 2.12. The van der Waals surface area contributed by atoms with Crippen molar-refractivity contribution < 1.29 is 18.0 Å². The Morgan fingerprint density at radius 3 is 1.50 bits per heavy atom. The van der Waals surface area contributed by atoms with Crippen LogP contribution < -0.4 is 0 Å². The standard InChI is InChI=1S/C16H11F3O/c17-16(18,19)15-9-7-13(8-10-15)2-1-12-3-5-14(11-20)6-4-12/h1-11H/b2-1+. The highest BCUT2D eigenvalue weighted by molar-refractivity contribution is 5.76. The first kappa shape index (κ1) is 14.1. The van der Waals surface area contributed by atoms with Gasteiger partial charge in [0.05, 0.1) is 5.56 Å². The second kappa shape index (κ2) is 5.74. The van der Waals surface area contributed by atoms with Gasteiger partial charge in [0.25, 0.3) is 0 Å². The number of carbonyl (C=O) groups excluding carboxylic acids is 1. The topological polar surface area (TPSA) is 17.1 Å². The number of carbonyl (C=O) groups is 1. The number of halogens is 3. The van der Waals surface area contributed by atoms with Crippen LogP contribution in [0.1, 0.15) is 27.0 Å². The van der Waals surface area contributed by atoms with Crippen LogP contribution in [-0.2, 0) is 6.18 Å². The van der Waals surface area contributed by atoms with Crippen molar-refractivity contribution in [1.82, 2.24) is 0 Å². The van der Waals surface area contributed by atoms with Crippen LogP contribution in [0.5, 0.6) is 0 Å². The van der Waals surface area contributed by atoms with E-state index in [1.165, 1.54) is 12.1 Å². The average Bonchev–Trinajstić information content (AvgIpc) is 2.45. The van der Waals surface area contributed by atoms with E-state index < -0.39 is 11.7 Å². The minimum atomic E-state index is -4.31. The summed E-state index contributed by atoms with van der Waals surface area (Å²) >= 11 is 0. The first-order chi connectivity index (χ1) is 9.49. The third-order valence-corrected chi connectivity index (χ3v) is 2.78. The largest absolute Gasteiger partial charge is 0.416 e. The molecular formula is C16H11F3O. The maximum absolute atomic E-state index is 12.4. The minimum absolute atomic E-state index is 0.580. The van der Waals surface area contributed by atoms with Crippen LogP contribution in [-0.4, -0.2) is 6.29 Å². The third-order valence-electron chi connectivity index (χ3n) is 2.78. The van der Waals surface area contributed by atoms with E-state index in [1.807, 2.05) is 0 Å². The van der Waals surface area contributed by atoms with E-state index in [0.29, 0.717) is 11.1 Å². The minimum Gasteiger partial charge on any atom is -0.298 e. The van der Waals surface area contributed by atoms with Crippen molar-refractivity contribution in [3.8, 4) is 0 Å². The zero-order chi connectivity index (χ0) is 14.6. The number of rotatable bonds is 3. The molecule has 0 aliphatic heterocycles. The first-order valence-electron chi connectivity index (χ1n) is 5.89. The molecule has 2 rings (SSSR count). The number of alkyl halides is 3. The fourth-order valence-electron chi connectivity index (χ4n) is 1.66. The van der Waals surface area contributed by atoms with Gasteiger partial charge in [-0.2, -0.15) is 13.2 Å². The second-order valence-electron chi connectivity index (χ2n) is 4.24. The molecule has 0 unspecified atom stereocenters. The van der Waals surface area contributed by atoms with Crippen LogP contribution in [0.25, 0.3) is 12.2 Å². The molecule has 0 radical (unpaired) electrons. The van der Waals surface area contributed by atoms with E-state index in [-0.39, 0.29) is 0 Å². The summed E-state index contributed by atoms with van der Waals surface area (Å²) in [6.07, 6.45) is -0.0660. The summed E-state index contributed by atoms with van der Waals surface area (Å²) < 4.78 is 37.2. The Hall–Kier alpha value is -2.36. The van der Waals surface area contributed by atoms with Crippen molar-refractivity contribution in [2.24, 2.45) is 0 Å². The van der Waals surface area contributed by atoms with Gasteiger partial charge in [-0.3, -0.25) is 4.79 Å². The van der Waals surface area contributed by atoms with Gasteiger partial charge < -0.3 is 0 Å². The van der Waals surface area contributed by atoms with Crippen LogP contribution in [0.3, 0.4) is 0 Å². The van der Waals surface area contributed by atoms with Crippen molar-refractivity contribution in [1.29, 1.82) is 0 Å². The van der Waals surface area contributed by atoms with E-state index >= 15 is 0 Å². The summed E-state index contributed by atoms with van der Waals surface area (Å²) in [5, 5.41) is 0. The summed E-state index contributed by atoms with van der Waals surface area (Å²) in [5.74, 6) is 0. The van der Waals surface area contributed by atoms with Gasteiger partial charge in [0.1, 0.15) is 6.29 Å². The van der Waals surface area contributed by atoms with Crippen LogP contribution in [0.15, 0.2) is 48.5 Å². The molecule has 2 aromatic carbocycles. The molecule has 0 fully saturated rings. The Bertz CT molecular complexity index is 608. The molecule has 0 saturated heterocycles. The lowest BCUT2D eigenvalue weighted by atomic mass is 10.1. The smallest absolute Gasteiger partial charge is 0.298 e. The van der Waals surface area contributed by atoms with Crippen molar-refractivity contribution in [3.05, 3.63) is 70.8 Å². The van der Waals surface area contributed by atoms with E-state index in [2.05, 4.69) is 0 Å². The molecule has 0 atom stereocenters. The highest BCUT2D eigenvalue weighted by atomic mass is 19.4. The quantitative estimate of drug-likeness (QED) is 0.587. The molecule has 0 aliphatic rings. The first-order valence-corrected chi connectivity index (χ1v) is 5.89. The summed E-state index contributed by atoms with van der Waals surface area (Å²) in [6.45, 7) is 0. The lowest BCUT2D eigenvalue weighted by Gasteiger charge is -2.05. The Labute approximate surface area is 114 Å². The summed E-state index contributed by atoms with van der Waals surface area (Å²) in [7, 11) is 0. The average molecular weight is 276 g/mol. The molecule has 4 heteroatoms. The van der Waals surface area contributed by atoms with Crippen molar-refractivity contribution in [2.75, 3.05) is 0 Å². The molecule has 2 aromatic rings. The monoisotopic (exact) mass is 276 g/mol. The highest BCUT2D eigenvalue weighted by Crippen LogP contribution is 2.29. The predicted molar refractivity (Wildman–Crippen MR) is 72.2 cm³/mol. The van der Waals surface area contributed by atoms with Gasteiger partial charge in [0.15, 0.2) is 0 Å². The van der Waals surface area contributed by atoms with Gasteiger partial charge in [-0.05, 0) is 23.3 Å². The van der Waals surface area contributed by atoms with Gasteiger partial charge in [-0.25, -0.2) is 0 Å². The van der Waals surface area contributed by atoms with Crippen LogP contribution in [0, 0.1) is 0 Å². The molecule has 0 spiro atoms. The zero-order valence-electron chi connectivity index (χ0n) is 10.4. The maximum atomic E-state index is 12.4. The van der Waals surface area contributed by atoms with E-state index in [4.69, 9.17) is 0 Å². The van der Waals surface area contributed by atoms with Gasteiger partial charge in [0.2, 0.25) is 0 Å². The Morgan fingerprint density at radius 2 is 1.10 bits per heavy atom. The molecule has 0 aliphatic carbocycles. The summed E-state index contributed by atoms with van der Waals surface area (Å²) in [6, 6.07) is 11.8. The van der Waals surface area contributed by atoms with E-state index in [0.717, 1.165) is 24.0 Å². The normalized spacial score (nSPS) is 11.8. The predicted octanol–water partition coefficient (Wildman–Crippen LogP) is 4.69. The third kappa shape index (κ3) is 3.57. The molecule has 102 valence electrons. The van der Waals surface area contributed by atoms with Crippen LogP contribution >= 0.6 is 0 Å². The second-order valence-corrected chi connectivity index (χ2v) is 4.24. The number of aldehydes is 1. The zero-order valence-corrected chi connectivity index (χ0v) is 10.4. The fraction of sp³-hybridized carbons (Fsp3) is 0.0625. The molecule has 20 heavy (non-hydrogen) atoms. The van der Waals surface area contributed by atoms with Crippen LogP contribution in [0.4, 0.5) is 13.2 Å². The Morgan fingerprint density at radius 1 is 0.700 bits per heavy atom. The molecule has 0 amide bonds. The van der Waals surface area contributed by atoms with E-state index in [9.17, 15) is 18.0 Å². The van der Waals surface area contributed by atoms with E-state index in [1.54, 1.807) is 36.4 Å². The van der Waals surface area contributed by atoms with Gasteiger partial charge in [0, 0.05) is 5.56 Å². The highest BCUT2D eigenvalue weighted by Gasteiger charge is 2.29. The van der Waals surface area contributed by atoms with Gasteiger partial charge >= 0.3 is 6.18 Å². The molecule has 0 saturated carbocycles. The molecule has 0 N–H and O–H groups in total. The van der Waals surface area contributed by atoms with Gasteiger partial charge in [-0.1, -0.05) is 48.6 Å². The van der Waals surface area contributed by atoms with Crippen molar-refractivity contribution in [3.63, 3.8) is 0 Å². The van der Waals surface area contributed by atoms with Gasteiger partial charge in [-0.15, -0.1) is 0 Å². The number of benzene rings is 2. The summed E-state index contributed by atoms with van der Waals surface area (Å²) in [5.41, 5.74) is 1.47. The lowest BCUT2D eigenvalue weighted by Crippen LogP contribution is -2.03. The lowest BCUT2D eigenvalue weighted by molar-refractivity contribution is -0.137. The van der Waals surface area contributed by atoms with Crippen molar-refractivity contribution in [2.45, 2.75) is 6.18 Å². The van der Waals surface area contributed by atoms with Crippen molar-refractivity contribution >= 4 is 18.4 Å². The maximum Gasteiger partial charge on any atom is 0.416 e. The molecule has 0 bridgehead atoms.